The number of esters is 1. The van der Waals surface area contributed by atoms with Crippen molar-refractivity contribution in [2.24, 2.45) is 0 Å². The van der Waals surface area contributed by atoms with Gasteiger partial charge in [-0.3, -0.25) is 0 Å². The van der Waals surface area contributed by atoms with E-state index in [0.29, 0.717) is 11.5 Å². The van der Waals surface area contributed by atoms with E-state index in [-0.39, 0.29) is 5.97 Å². The zero-order chi connectivity index (χ0) is 16.9. The van der Waals surface area contributed by atoms with Gasteiger partial charge >= 0.3 is 5.97 Å². The van der Waals surface area contributed by atoms with Gasteiger partial charge in [0.15, 0.2) is 0 Å². The maximum Gasteiger partial charge on any atom is 0.348 e. The standard InChI is InChI=1S/C20H18O2S2/c1-3-22-20(21)18-13-17(14-7-5-4-6-8-14)19(24-18)15-9-11-16(23-2)12-10-15/h4-13H,3H2,1-2H3. The zero-order valence-corrected chi connectivity index (χ0v) is 15.2. The first-order valence-corrected chi connectivity index (χ1v) is 9.78. The summed E-state index contributed by atoms with van der Waals surface area (Å²) >= 11 is 3.21. The van der Waals surface area contributed by atoms with Crippen molar-refractivity contribution >= 4 is 29.1 Å². The van der Waals surface area contributed by atoms with Gasteiger partial charge in [0.25, 0.3) is 0 Å². The predicted octanol–water partition coefficient (Wildman–Crippen LogP) is 5.98. The lowest BCUT2D eigenvalue weighted by atomic mass is 10.0. The van der Waals surface area contributed by atoms with Gasteiger partial charge in [-0.1, -0.05) is 42.5 Å². The summed E-state index contributed by atoms with van der Waals surface area (Å²) in [5.41, 5.74) is 3.29. The maximum absolute atomic E-state index is 12.2. The monoisotopic (exact) mass is 354 g/mol. The lowest BCUT2D eigenvalue weighted by Crippen LogP contribution is -2.01. The van der Waals surface area contributed by atoms with Crippen LogP contribution >= 0.6 is 23.1 Å². The Bertz CT molecular complexity index is 821. The van der Waals surface area contributed by atoms with Crippen LogP contribution in [0.4, 0.5) is 0 Å². The van der Waals surface area contributed by atoms with Crippen LogP contribution in [-0.2, 0) is 4.74 Å². The summed E-state index contributed by atoms with van der Waals surface area (Å²) in [5.74, 6) is -0.258. The van der Waals surface area contributed by atoms with E-state index in [9.17, 15) is 4.79 Å². The Balaban J connectivity index is 2.09. The fourth-order valence-corrected chi connectivity index (χ4v) is 3.97. The van der Waals surface area contributed by atoms with Gasteiger partial charge in [-0.15, -0.1) is 23.1 Å². The summed E-state index contributed by atoms with van der Waals surface area (Å²) in [4.78, 5) is 15.1. The Morgan fingerprint density at radius 1 is 1.04 bits per heavy atom. The maximum atomic E-state index is 12.2. The highest BCUT2D eigenvalue weighted by atomic mass is 32.2. The number of benzene rings is 2. The third-order valence-electron chi connectivity index (χ3n) is 3.65. The van der Waals surface area contributed by atoms with Crippen molar-refractivity contribution in [1.29, 1.82) is 0 Å². The molecule has 122 valence electrons. The second-order valence-corrected chi connectivity index (χ2v) is 7.10. The average Bonchev–Trinajstić information content (AvgIpc) is 3.08. The molecular formula is C20H18O2S2. The van der Waals surface area contributed by atoms with E-state index in [1.54, 1.807) is 11.8 Å². The number of hydrogen-bond acceptors (Lipinski definition) is 4. The summed E-state index contributed by atoms with van der Waals surface area (Å²) < 4.78 is 5.17. The van der Waals surface area contributed by atoms with Crippen LogP contribution in [0.2, 0.25) is 0 Å². The van der Waals surface area contributed by atoms with Crippen molar-refractivity contribution in [3.63, 3.8) is 0 Å². The molecule has 0 aliphatic carbocycles. The highest BCUT2D eigenvalue weighted by Crippen LogP contribution is 2.40. The minimum atomic E-state index is -0.258. The third kappa shape index (κ3) is 3.55. The smallest absolute Gasteiger partial charge is 0.348 e. The van der Waals surface area contributed by atoms with Crippen molar-refractivity contribution in [1.82, 2.24) is 0 Å². The molecule has 0 saturated carbocycles. The number of carbonyl (C=O) groups is 1. The van der Waals surface area contributed by atoms with Crippen molar-refractivity contribution in [2.45, 2.75) is 11.8 Å². The molecule has 0 fully saturated rings. The molecule has 0 atom stereocenters. The molecule has 0 N–H and O–H groups in total. The molecule has 1 aromatic heterocycles. The van der Waals surface area contributed by atoms with Crippen molar-refractivity contribution in [2.75, 3.05) is 12.9 Å². The summed E-state index contributed by atoms with van der Waals surface area (Å²) in [6.07, 6.45) is 2.06. The first-order chi connectivity index (χ1) is 11.7. The molecule has 0 unspecified atom stereocenters. The molecule has 0 radical (unpaired) electrons. The summed E-state index contributed by atoms with van der Waals surface area (Å²) in [5, 5.41) is 0. The van der Waals surface area contributed by atoms with E-state index in [2.05, 4.69) is 42.7 Å². The minimum absolute atomic E-state index is 0.258. The van der Waals surface area contributed by atoms with Gasteiger partial charge in [-0.05, 0) is 42.5 Å². The van der Waals surface area contributed by atoms with E-state index in [1.807, 2.05) is 31.2 Å². The van der Waals surface area contributed by atoms with Gasteiger partial charge in [0, 0.05) is 15.3 Å². The molecule has 24 heavy (non-hydrogen) atoms. The first kappa shape index (κ1) is 16.8. The fraction of sp³-hybridized carbons (Fsp3) is 0.150. The normalized spacial score (nSPS) is 10.6. The van der Waals surface area contributed by atoms with Gasteiger partial charge in [-0.2, -0.15) is 0 Å². The second-order valence-electron chi connectivity index (χ2n) is 5.17. The van der Waals surface area contributed by atoms with E-state index in [4.69, 9.17) is 4.74 Å². The number of thiophene rings is 1. The average molecular weight is 354 g/mol. The summed E-state index contributed by atoms with van der Waals surface area (Å²) in [7, 11) is 0. The highest BCUT2D eigenvalue weighted by Gasteiger charge is 2.17. The Morgan fingerprint density at radius 2 is 1.75 bits per heavy atom. The van der Waals surface area contributed by atoms with Crippen LogP contribution in [0.1, 0.15) is 16.6 Å². The SMILES string of the molecule is CCOC(=O)c1cc(-c2ccccc2)c(-c2ccc(SC)cc2)s1. The molecule has 0 saturated heterocycles. The van der Waals surface area contributed by atoms with Crippen molar-refractivity contribution in [3.8, 4) is 21.6 Å². The number of rotatable bonds is 5. The molecule has 3 aromatic rings. The Hall–Kier alpha value is -2.04. The van der Waals surface area contributed by atoms with E-state index in [1.165, 1.54) is 16.2 Å². The molecule has 3 rings (SSSR count). The van der Waals surface area contributed by atoms with Crippen LogP contribution in [-0.4, -0.2) is 18.8 Å². The molecule has 2 aromatic carbocycles. The van der Waals surface area contributed by atoms with E-state index >= 15 is 0 Å². The van der Waals surface area contributed by atoms with Crippen LogP contribution in [0.15, 0.2) is 65.6 Å². The number of hydrogen-bond donors (Lipinski definition) is 0. The van der Waals surface area contributed by atoms with Gasteiger partial charge in [0.2, 0.25) is 0 Å². The minimum Gasteiger partial charge on any atom is -0.462 e. The molecule has 0 amide bonds. The van der Waals surface area contributed by atoms with Crippen molar-refractivity contribution in [3.05, 3.63) is 65.5 Å². The fourth-order valence-electron chi connectivity index (χ4n) is 2.48. The molecule has 4 heteroatoms. The molecule has 2 nitrogen and oxygen atoms in total. The third-order valence-corrected chi connectivity index (χ3v) is 5.55. The Labute approximate surface area is 150 Å². The van der Waals surface area contributed by atoms with Crippen LogP contribution in [0.5, 0.6) is 0 Å². The van der Waals surface area contributed by atoms with Crippen LogP contribution in [0.3, 0.4) is 0 Å². The van der Waals surface area contributed by atoms with Gasteiger partial charge in [0.1, 0.15) is 4.88 Å². The summed E-state index contributed by atoms with van der Waals surface area (Å²) in [6.45, 7) is 2.21. The number of ether oxygens (including phenoxy) is 1. The molecule has 1 heterocycles. The topological polar surface area (TPSA) is 26.3 Å². The lowest BCUT2D eigenvalue weighted by molar-refractivity contribution is 0.0532. The molecular weight excluding hydrogens is 336 g/mol. The highest BCUT2D eigenvalue weighted by molar-refractivity contribution is 7.98. The predicted molar refractivity (Wildman–Crippen MR) is 103 cm³/mol. The molecule has 0 aliphatic heterocycles. The van der Waals surface area contributed by atoms with E-state index in [0.717, 1.165) is 21.6 Å². The van der Waals surface area contributed by atoms with Crippen LogP contribution < -0.4 is 0 Å². The van der Waals surface area contributed by atoms with E-state index < -0.39 is 0 Å². The Morgan fingerprint density at radius 3 is 2.38 bits per heavy atom. The van der Waals surface area contributed by atoms with Crippen LogP contribution in [0, 0.1) is 0 Å². The molecule has 0 aliphatic rings. The van der Waals surface area contributed by atoms with Gasteiger partial charge in [-0.25, -0.2) is 4.79 Å². The van der Waals surface area contributed by atoms with Crippen molar-refractivity contribution < 1.29 is 9.53 Å². The number of carbonyl (C=O) groups excluding carboxylic acids is 1. The van der Waals surface area contributed by atoms with Gasteiger partial charge < -0.3 is 4.74 Å². The largest absolute Gasteiger partial charge is 0.462 e. The van der Waals surface area contributed by atoms with Gasteiger partial charge in [0.05, 0.1) is 6.61 Å². The first-order valence-electron chi connectivity index (χ1n) is 7.73. The van der Waals surface area contributed by atoms with Crippen LogP contribution in [0.25, 0.3) is 21.6 Å². The zero-order valence-electron chi connectivity index (χ0n) is 13.6. The lowest BCUT2D eigenvalue weighted by Gasteiger charge is -2.05. The quantitative estimate of drug-likeness (QED) is 0.416. The second kappa shape index (κ2) is 7.69. The Kier molecular flexibility index (Phi) is 5.38. The molecule has 0 spiro atoms. The number of thioether (sulfide) groups is 1. The summed E-state index contributed by atoms with van der Waals surface area (Å²) in [6, 6.07) is 20.5. The molecule has 0 bridgehead atoms.